The molecule has 2 aromatic heterocycles. The van der Waals surface area contributed by atoms with Gasteiger partial charge in [-0.05, 0) is 0 Å². The predicted molar refractivity (Wildman–Crippen MR) is 38.3 cm³/mol. The highest BCUT2D eigenvalue weighted by Gasteiger charge is 2.02. The summed E-state index contributed by atoms with van der Waals surface area (Å²) in [6.07, 6.45) is 2.96. The summed E-state index contributed by atoms with van der Waals surface area (Å²) in [4.78, 5) is 21.0. The van der Waals surface area contributed by atoms with E-state index in [2.05, 4.69) is 15.0 Å². The summed E-state index contributed by atoms with van der Waals surface area (Å²) in [5, 5.41) is 0. The first-order valence-corrected chi connectivity index (χ1v) is 2.96. The van der Waals surface area contributed by atoms with Gasteiger partial charge in [0.2, 0.25) is 0 Å². The Morgan fingerprint density at radius 3 is 2.91 bits per heavy atom. The summed E-state index contributed by atoms with van der Waals surface area (Å²) in [6, 6.07) is 0. The normalized spacial score (nSPS) is 10.5. The van der Waals surface area contributed by atoms with Crippen molar-refractivity contribution in [2.45, 2.75) is 0 Å². The third-order valence-corrected chi connectivity index (χ3v) is 1.35. The molecule has 0 spiro atoms. The van der Waals surface area contributed by atoms with Crippen LogP contribution in [0.25, 0.3) is 11.3 Å². The second-order valence-electron chi connectivity index (χ2n) is 2.03. The molecule has 0 aliphatic heterocycles. The van der Waals surface area contributed by atoms with Crippen molar-refractivity contribution in [3.63, 3.8) is 0 Å². The minimum absolute atomic E-state index is 0.359. The van der Waals surface area contributed by atoms with E-state index in [1.807, 2.05) is 0 Å². The average molecular weight is 151 g/mol. The largest absolute Gasteiger partial charge is 0.347 e. The minimum Gasteiger partial charge on any atom is -0.333 e. The monoisotopic (exact) mass is 151 g/mol. The van der Waals surface area contributed by atoms with Gasteiger partial charge in [0.25, 0.3) is 0 Å². The van der Waals surface area contributed by atoms with E-state index in [-0.39, 0.29) is 0 Å². The highest BCUT2D eigenvalue weighted by atomic mass is 16.1. The number of hydrogen-bond acceptors (Lipinski definition) is 4. The minimum atomic E-state index is -0.411. The van der Waals surface area contributed by atoms with Crippen LogP contribution in [-0.4, -0.2) is 19.6 Å². The molecule has 0 radical (unpaired) electrons. The molecule has 6 heteroatoms. The van der Waals surface area contributed by atoms with Crippen LogP contribution in [0.5, 0.6) is 0 Å². The first kappa shape index (κ1) is 5.90. The molecular weight excluding hydrogens is 146 g/mol. The Hall–Kier alpha value is -1.85. The third kappa shape index (κ3) is 0.689. The maximum Gasteiger partial charge on any atom is 0.347 e. The van der Waals surface area contributed by atoms with E-state index in [0.29, 0.717) is 11.3 Å². The fourth-order valence-electron chi connectivity index (χ4n) is 0.853. The van der Waals surface area contributed by atoms with Crippen LogP contribution in [0.2, 0.25) is 0 Å². The number of hydrogen-bond donors (Lipinski definition) is 2. The van der Waals surface area contributed by atoms with Crippen molar-refractivity contribution in [2.75, 3.05) is 5.84 Å². The van der Waals surface area contributed by atoms with Gasteiger partial charge in [-0.15, -0.1) is 0 Å². The van der Waals surface area contributed by atoms with Gasteiger partial charge in [-0.2, -0.15) is 4.68 Å². The number of H-pyrrole nitrogens is 1. The highest BCUT2D eigenvalue weighted by Crippen LogP contribution is 1.96. The second kappa shape index (κ2) is 1.82. The van der Waals surface area contributed by atoms with E-state index < -0.39 is 5.69 Å². The lowest BCUT2D eigenvalue weighted by Crippen LogP contribution is -2.24. The van der Waals surface area contributed by atoms with Gasteiger partial charge < -0.3 is 5.84 Å². The first-order valence-electron chi connectivity index (χ1n) is 2.96. The van der Waals surface area contributed by atoms with Gasteiger partial charge in [-0.25, -0.2) is 14.8 Å². The summed E-state index contributed by atoms with van der Waals surface area (Å²) < 4.78 is 0.919. The Morgan fingerprint density at radius 1 is 1.45 bits per heavy atom. The summed E-state index contributed by atoms with van der Waals surface area (Å²) in [7, 11) is 0. The van der Waals surface area contributed by atoms with Gasteiger partial charge in [0, 0.05) is 12.4 Å². The molecule has 0 aliphatic rings. The lowest BCUT2D eigenvalue weighted by atomic mass is 10.7. The molecule has 11 heavy (non-hydrogen) atoms. The molecule has 0 aromatic carbocycles. The first-order chi connectivity index (χ1) is 5.29. The number of aromatic amines is 1. The van der Waals surface area contributed by atoms with E-state index >= 15 is 0 Å². The average Bonchev–Trinajstić information content (AvgIpc) is 2.30. The standard InChI is InChI=1S/C5H5N5O/c6-10-4-3(9-5(10)11)7-1-2-8-4/h1-2H,6H2,(H,7,9,11). The third-order valence-electron chi connectivity index (χ3n) is 1.35. The number of fused-ring (bicyclic) bond motifs is 1. The number of nitrogen functional groups attached to an aromatic ring is 1. The molecule has 0 unspecified atom stereocenters. The molecule has 2 rings (SSSR count). The molecule has 0 saturated heterocycles. The van der Waals surface area contributed by atoms with E-state index in [9.17, 15) is 4.79 Å². The number of aromatic nitrogens is 4. The van der Waals surface area contributed by atoms with Crippen molar-refractivity contribution in [3.8, 4) is 0 Å². The smallest absolute Gasteiger partial charge is 0.333 e. The number of nitrogens with one attached hydrogen (secondary N) is 1. The Labute approximate surface area is 60.7 Å². The SMILES string of the molecule is Nn1c(=O)[nH]c2nccnc21. The molecule has 2 heterocycles. The van der Waals surface area contributed by atoms with Gasteiger partial charge >= 0.3 is 5.69 Å². The van der Waals surface area contributed by atoms with Crippen LogP contribution < -0.4 is 11.5 Å². The molecule has 6 nitrogen and oxygen atoms in total. The number of nitrogens with two attached hydrogens (primary N) is 1. The van der Waals surface area contributed by atoms with Crippen LogP contribution in [0.1, 0.15) is 0 Å². The highest BCUT2D eigenvalue weighted by molar-refractivity contribution is 5.64. The molecule has 0 fully saturated rings. The van der Waals surface area contributed by atoms with Crippen LogP contribution in [0.4, 0.5) is 0 Å². The predicted octanol–water partition coefficient (Wildman–Crippen LogP) is -1.17. The van der Waals surface area contributed by atoms with Gasteiger partial charge in [-0.1, -0.05) is 0 Å². The van der Waals surface area contributed by atoms with Gasteiger partial charge in [0.15, 0.2) is 11.3 Å². The lowest BCUT2D eigenvalue weighted by molar-refractivity contribution is 0.952. The van der Waals surface area contributed by atoms with Gasteiger partial charge in [0.1, 0.15) is 0 Å². The zero-order chi connectivity index (χ0) is 7.84. The second-order valence-corrected chi connectivity index (χ2v) is 2.03. The fourth-order valence-corrected chi connectivity index (χ4v) is 0.853. The van der Waals surface area contributed by atoms with Crippen LogP contribution >= 0.6 is 0 Å². The van der Waals surface area contributed by atoms with Crippen LogP contribution in [-0.2, 0) is 0 Å². The maximum atomic E-state index is 10.8. The molecule has 0 aliphatic carbocycles. The molecule has 0 bridgehead atoms. The van der Waals surface area contributed by atoms with Crippen LogP contribution in [0.15, 0.2) is 17.2 Å². The molecule has 2 aromatic rings. The summed E-state index contributed by atoms with van der Waals surface area (Å²) >= 11 is 0. The maximum absolute atomic E-state index is 10.8. The Kier molecular flexibility index (Phi) is 0.974. The van der Waals surface area contributed by atoms with Crippen molar-refractivity contribution in [3.05, 3.63) is 22.9 Å². The number of nitrogens with zero attached hydrogens (tertiary/aromatic N) is 3. The Bertz CT molecular complexity index is 441. The Balaban J connectivity index is 3.04. The quantitative estimate of drug-likeness (QED) is 0.464. The van der Waals surface area contributed by atoms with Crippen molar-refractivity contribution in [2.24, 2.45) is 0 Å². The summed E-state index contributed by atoms with van der Waals surface area (Å²) in [5.41, 5.74) is 0.351. The molecule has 0 saturated carbocycles. The van der Waals surface area contributed by atoms with E-state index in [1.165, 1.54) is 12.4 Å². The topological polar surface area (TPSA) is 89.6 Å². The zero-order valence-corrected chi connectivity index (χ0v) is 5.48. The number of imidazole rings is 1. The molecule has 56 valence electrons. The summed E-state index contributed by atoms with van der Waals surface area (Å²) in [6.45, 7) is 0. The Morgan fingerprint density at radius 2 is 2.18 bits per heavy atom. The van der Waals surface area contributed by atoms with E-state index in [1.54, 1.807) is 0 Å². The molecule has 0 atom stereocenters. The van der Waals surface area contributed by atoms with Crippen LogP contribution in [0.3, 0.4) is 0 Å². The van der Waals surface area contributed by atoms with Crippen molar-refractivity contribution < 1.29 is 0 Å². The van der Waals surface area contributed by atoms with E-state index in [4.69, 9.17) is 5.84 Å². The molecule has 3 N–H and O–H groups in total. The van der Waals surface area contributed by atoms with Crippen LogP contribution in [0, 0.1) is 0 Å². The van der Waals surface area contributed by atoms with Crippen molar-refractivity contribution in [1.82, 2.24) is 19.6 Å². The molecular formula is C5H5N5O. The summed E-state index contributed by atoms with van der Waals surface area (Å²) in [5.74, 6) is 5.31. The van der Waals surface area contributed by atoms with Gasteiger partial charge in [0.05, 0.1) is 0 Å². The lowest BCUT2D eigenvalue weighted by Gasteiger charge is -1.87. The van der Waals surface area contributed by atoms with Crippen molar-refractivity contribution >= 4 is 11.3 Å². The van der Waals surface area contributed by atoms with Crippen molar-refractivity contribution in [1.29, 1.82) is 0 Å². The fraction of sp³-hybridized carbons (Fsp3) is 0. The number of rotatable bonds is 0. The van der Waals surface area contributed by atoms with Gasteiger partial charge in [-0.3, -0.25) is 4.98 Å². The zero-order valence-electron chi connectivity index (χ0n) is 5.48. The van der Waals surface area contributed by atoms with E-state index in [0.717, 1.165) is 4.68 Å². The molecule has 0 amide bonds.